The quantitative estimate of drug-likeness (QED) is 0.539. The van der Waals surface area contributed by atoms with Gasteiger partial charge in [-0.15, -0.1) is 4.31 Å². The second-order valence-electron chi connectivity index (χ2n) is 6.64. The van der Waals surface area contributed by atoms with Crippen LogP contribution in [0.5, 0.6) is 0 Å². The Bertz CT molecular complexity index is 703. The Morgan fingerprint density at radius 1 is 1.17 bits per heavy atom. The van der Waals surface area contributed by atoms with E-state index in [4.69, 9.17) is 17.3 Å². The molecule has 0 radical (unpaired) electrons. The molecule has 0 heterocycles. The predicted octanol–water partition coefficient (Wildman–Crippen LogP) is 5.17. The first kappa shape index (κ1) is 19.6. The average molecular weight is 430 g/mol. The Kier molecular flexibility index (Phi) is 6.26. The van der Waals surface area contributed by atoms with Gasteiger partial charge in [-0.3, -0.25) is 0 Å². The molecular formula is C18H22BrClN2OS. The highest BCUT2D eigenvalue weighted by atomic mass is 79.9. The van der Waals surface area contributed by atoms with Crippen molar-refractivity contribution in [3.05, 3.63) is 63.1 Å². The topological polar surface area (TPSA) is 52.3 Å². The largest absolute Gasteiger partial charge is 0.597 e. The maximum absolute atomic E-state index is 13.0. The van der Waals surface area contributed by atoms with Crippen molar-refractivity contribution >= 4 is 44.6 Å². The summed E-state index contributed by atoms with van der Waals surface area (Å²) >= 11 is 8.33. The Morgan fingerprint density at radius 3 is 2.29 bits per heavy atom. The van der Waals surface area contributed by atoms with Crippen LogP contribution in [0, 0.1) is 0 Å². The van der Waals surface area contributed by atoms with Gasteiger partial charge in [0.1, 0.15) is 10.8 Å². The van der Waals surface area contributed by atoms with Gasteiger partial charge in [-0.25, -0.2) is 0 Å². The van der Waals surface area contributed by atoms with E-state index >= 15 is 0 Å². The van der Waals surface area contributed by atoms with E-state index in [-0.39, 0.29) is 10.8 Å². The van der Waals surface area contributed by atoms with E-state index < -0.39 is 11.4 Å². The molecule has 0 bridgehead atoms. The highest BCUT2D eigenvalue weighted by Gasteiger charge is 2.37. The number of nitrogens with two attached hydrogens (primary N) is 1. The summed E-state index contributed by atoms with van der Waals surface area (Å²) in [5.41, 5.74) is 8.79. The number of halogens is 2. The number of hydrogen-bond donors (Lipinski definition) is 1. The highest BCUT2D eigenvalue weighted by molar-refractivity contribution is 9.10. The molecule has 0 aliphatic carbocycles. The molecule has 0 saturated carbocycles. The fraction of sp³-hybridized carbons (Fsp3) is 0.333. The number of rotatable bonds is 4. The molecule has 0 aliphatic heterocycles. The van der Waals surface area contributed by atoms with E-state index in [1.54, 1.807) is 0 Å². The van der Waals surface area contributed by atoms with Crippen LogP contribution in [0.1, 0.15) is 37.9 Å². The second kappa shape index (κ2) is 7.67. The molecular weight excluding hydrogens is 408 g/mol. The number of nitrogens with zero attached hydrogens (tertiary/aromatic N) is 1. The first-order chi connectivity index (χ1) is 11.1. The van der Waals surface area contributed by atoms with Gasteiger partial charge in [-0.05, 0) is 56.7 Å². The second-order valence-corrected chi connectivity index (χ2v) is 10.3. The van der Waals surface area contributed by atoms with Crippen molar-refractivity contribution < 1.29 is 4.55 Å². The molecule has 2 unspecified atom stereocenters. The van der Waals surface area contributed by atoms with Gasteiger partial charge >= 0.3 is 0 Å². The zero-order valence-electron chi connectivity index (χ0n) is 14.2. The van der Waals surface area contributed by atoms with E-state index in [1.807, 2.05) is 74.6 Å². The Morgan fingerprint density at radius 2 is 1.75 bits per heavy atom. The van der Waals surface area contributed by atoms with Crippen molar-refractivity contribution in [2.75, 3.05) is 12.8 Å². The lowest BCUT2D eigenvalue weighted by atomic mass is 9.97. The van der Waals surface area contributed by atoms with Crippen molar-refractivity contribution in [3.8, 4) is 0 Å². The van der Waals surface area contributed by atoms with Gasteiger partial charge in [0.05, 0.1) is 0 Å². The average Bonchev–Trinajstić information content (AvgIpc) is 2.51. The van der Waals surface area contributed by atoms with Crippen LogP contribution in [-0.4, -0.2) is 20.7 Å². The van der Waals surface area contributed by atoms with Crippen LogP contribution in [0.4, 0.5) is 5.69 Å². The van der Waals surface area contributed by atoms with E-state index in [2.05, 4.69) is 15.9 Å². The maximum Gasteiger partial charge on any atom is 0.137 e. The smallest absolute Gasteiger partial charge is 0.137 e. The lowest BCUT2D eigenvalue weighted by Crippen LogP contribution is -2.43. The zero-order valence-corrected chi connectivity index (χ0v) is 17.4. The molecule has 0 amide bonds. The maximum atomic E-state index is 13.0. The molecule has 24 heavy (non-hydrogen) atoms. The van der Waals surface area contributed by atoms with Gasteiger partial charge in [-0.2, -0.15) is 0 Å². The fourth-order valence-electron chi connectivity index (χ4n) is 2.54. The molecule has 2 atom stereocenters. The summed E-state index contributed by atoms with van der Waals surface area (Å²) in [6.45, 7) is 5.88. The van der Waals surface area contributed by atoms with Crippen LogP contribution in [0.3, 0.4) is 0 Å². The van der Waals surface area contributed by atoms with E-state index in [0.717, 1.165) is 15.6 Å². The van der Waals surface area contributed by atoms with Gasteiger partial charge < -0.3 is 10.3 Å². The number of anilines is 1. The Balaban J connectivity index is 2.57. The van der Waals surface area contributed by atoms with Crippen LogP contribution in [-0.2, 0) is 11.4 Å². The molecule has 2 rings (SSSR count). The molecule has 2 aromatic rings. The molecule has 0 fully saturated rings. The van der Waals surface area contributed by atoms with Crippen molar-refractivity contribution in [1.82, 2.24) is 4.31 Å². The van der Waals surface area contributed by atoms with Crippen LogP contribution in [0.2, 0.25) is 5.02 Å². The normalized spacial score (nSPS) is 14.7. The van der Waals surface area contributed by atoms with Crippen molar-refractivity contribution in [2.24, 2.45) is 0 Å². The van der Waals surface area contributed by atoms with Crippen LogP contribution >= 0.6 is 27.5 Å². The van der Waals surface area contributed by atoms with Crippen molar-refractivity contribution in [3.63, 3.8) is 0 Å². The number of nitrogen functional groups attached to an aromatic ring is 1. The molecule has 0 aliphatic rings. The summed E-state index contributed by atoms with van der Waals surface area (Å²) in [4.78, 5) is 0. The highest BCUT2D eigenvalue weighted by Crippen LogP contribution is 2.37. The number of hydrogen-bond acceptors (Lipinski definition) is 3. The first-order valence-electron chi connectivity index (χ1n) is 7.56. The minimum Gasteiger partial charge on any atom is -0.597 e. The summed E-state index contributed by atoms with van der Waals surface area (Å²) in [5.74, 6) is 0. The van der Waals surface area contributed by atoms with Gasteiger partial charge in [-0.1, -0.05) is 39.7 Å². The lowest BCUT2D eigenvalue weighted by Gasteiger charge is -2.36. The standard InChI is InChI=1S/C18H22BrClN2OS/c1-18(2,3)24(23)22(4)17(12-5-8-14(20)9-6-12)15-11-13(19)7-10-16(15)21/h5-11,17H,21H2,1-4H3. The van der Waals surface area contributed by atoms with E-state index in [9.17, 15) is 4.55 Å². The van der Waals surface area contributed by atoms with E-state index in [1.165, 1.54) is 0 Å². The van der Waals surface area contributed by atoms with E-state index in [0.29, 0.717) is 10.7 Å². The molecule has 0 saturated heterocycles. The zero-order chi connectivity index (χ0) is 18.1. The molecule has 0 spiro atoms. The minimum absolute atomic E-state index is 0.236. The van der Waals surface area contributed by atoms with Crippen molar-refractivity contribution in [1.29, 1.82) is 0 Å². The number of benzene rings is 2. The lowest BCUT2D eigenvalue weighted by molar-refractivity contribution is 0.400. The Hall–Kier alpha value is -0.720. The Labute approximate surface area is 160 Å². The van der Waals surface area contributed by atoms with Gasteiger partial charge in [0.2, 0.25) is 0 Å². The summed E-state index contributed by atoms with van der Waals surface area (Å²) < 4.78 is 15.4. The van der Waals surface area contributed by atoms with Gasteiger partial charge in [0, 0.05) is 39.2 Å². The first-order valence-corrected chi connectivity index (χ1v) is 9.84. The summed E-state index contributed by atoms with van der Waals surface area (Å²) in [6, 6.07) is 13.1. The van der Waals surface area contributed by atoms with Crippen LogP contribution < -0.4 is 5.73 Å². The van der Waals surface area contributed by atoms with Crippen LogP contribution in [0.15, 0.2) is 46.9 Å². The predicted molar refractivity (Wildman–Crippen MR) is 108 cm³/mol. The summed E-state index contributed by atoms with van der Waals surface area (Å²) in [6.07, 6.45) is 0. The fourth-order valence-corrected chi connectivity index (χ4v) is 4.34. The van der Waals surface area contributed by atoms with Gasteiger partial charge in [0.15, 0.2) is 0 Å². The minimum atomic E-state index is -1.20. The van der Waals surface area contributed by atoms with Crippen molar-refractivity contribution in [2.45, 2.75) is 31.6 Å². The summed E-state index contributed by atoms with van der Waals surface area (Å²) in [7, 11) is 1.86. The molecule has 6 heteroatoms. The SMILES string of the molecule is CN(C(c1ccc(Cl)cc1)c1cc(Br)ccc1N)[S+]([O-])C(C)(C)C. The molecule has 3 nitrogen and oxygen atoms in total. The third kappa shape index (κ3) is 4.46. The molecule has 2 N–H and O–H groups in total. The monoisotopic (exact) mass is 428 g/mol. The molecule has 2 aromatic carbocycles. The van der Waals surface area contributed by atoms with Gasteiger partial charge in [0.25, 0.3) is 0 Å². The third-order valence-electron chi connectivity index (χ3n) is 3.68. The molecule has 130 valence electrons. The van der Waals surface area contributed by atoms with Crippen LogP contribution in [0.25, 0.3) is 0 Å². The third-order valence-corrected chi connectivity index (χ3v) is 6.21. The summed E-state index contributed by atoms with van der Waals surface area (Å²) in [5, 5.41) is 0.666. The molecule has 0 aromatic heterocycles.